The van der Waals surface area contributed by atoms with E-state index in [9.17, 15) is 5.11 Å². The second-order valence-corrected chi connectivity index (χ2v) is 7.60. The number of likely N-dealkylation sites (tertiary alicyclic amines) is 1. The van der Waals surface area contributed by atoms with Crippen LogP contribution in [0.4, 0.5) is 0 Å². The largest absolute Gasteiger partial charge is 0.394 e. The Hall–Kier alpha value is -0.120. The zero-order valence-corrected chi connectivity index (χ0v) is 13.2. The van der Waals surface area contributed by atoms with Gasteiger partial charge in [-0.3, -0.25) is 4.90 Å². The molecule has 2 unspecified atom stereocenters. The Balaban J connectivity index is 2.07. The number of nitrogens with one attached hydrogen (secondary N) is 1. The topological polar surface area (TPSA) is 35.5 Å². The van der Waals surface area contributed by atoms with E-state index in [1.807, 2.05) is 0 Å². The molecule has 0 radical (unpaired) electrons. The van der Waals surface area contributed by atoms with Crippen LogP contribution in [0.1, 0.15) is 66.2 Å². The van der Waals surface area contributed by atoms with Crippen LogP contribution in [0.3, 0.4) is 0 Å². The maximum Gasteiger partial charge on any atom is 0.0613 e. The van der Waals surface area contributed by atoms with Gasteiger partial charge in [0.05, 0.1) is 6.61 Å². The van der Waals surface area contributed by atoms with Crippen molar-refractivity contribution in [2.45, 2.75) is 89.4 Å². The predicted molar refractivity (Wildman–Crippen MR) is 80.4 cm³/mol. The van der Waals surface area contributed by atoms with Crippen LogP contribution in [-0.2, 0) is 0 Å². The summed E-state index contributed by atoms with van der Waals surface area (Å²) in [7, 11) is 0. The smallest absolute Gasteiger partial charge is 0.0613 e. The van der Waals surface area contributed by atoms with Crippen molar-refractivity contribution in [2.75, 3.05) is 13.2 Å². The molecule has 3 nitrogen and oxygen atoms in total. The molecule has 2 aliphatic rings. The first-order valence-corrected chi connectivity index (χ1v) is 8.04. The predicted octanol–water partition coefficient (Wildman–Crippen LogP) is 2.53. The molecule has 2 fully saturated rings. The molecule has 2 atom stereocenters. The van der Waals surface area contributed by atoms with Crippen molar-refractivity contribution in [3.05, 3.63) is 0 Å². The minimum Gasteiger partial charge on any atom is -0.394 e. The van der Waals surface area contributed by atoms with Crippen molar-refractivity contribution in [2.24, 2.45) is 0 Å². The molecule has 112 valence electrons. The van der Waals surface area contributed by atoms with E-state index in [0.717, 1.165) is 12.8 Å². The second-order valence-electron chi connectivity index (χ2n) is 7.60. The summed E-state index contributed by atoms with van der Waals surface area (Å²) in [5.74, 6) is 0. The first-order chi connectivity index (χ1) is 8.88. The van der Waals surface area contributed by atoms with Gasteiger partial charge in [0.15, 0.2) is 0 Å². The average molecular weight is 268 g/mol. The standard InChI is InChI=1S/C16H32N2O/c1-13(2)17-16(12-19)9-5-7-14(11-16)18-10-6-8-15(18,3)4/h13-14,17,19H,5-12H2,1-4H3. The van der Waals surface area contributed by atoms with Crippen LogP contribution in [0.2, 0.25) is 0 Å². The molecule has 0 aromatic rings. The van der Waals surface area contributed by atoms with Crippen molar-refractivity contribution in [1.29, 1.82) is 0 Å². The zero-order chi connectivity index (χ0) is 14.1. The maximum absolute atomic E-state index is 9.90. The van der Waals surface area contributed by atoms with Gasteiger partial charge in [-0.2, -0.15) is 0 Å². The Bertz CT molecular complexity index is 303. The highest BCUT2D eigenvalue weighted by Crippen LogP contribution is 2.38. The first-order valence-electron chi connectivity index (χ1n) is 8.04. The Labute approximate surface area is 118 Å². The van der Waals surface area contributed by atoms with Crippen LogP contribution in [0.5, 0.6) is 0 Å². The van der Waals surface area contributed by atoms with Gasteiger partial charge in [0.1, 0.15) is 0 Å². The van der Waals surface area contributed by atoms with Crippen molar-refractivity contribution in [3.8, 4) is 0 Å². The minimum atomic E-state index is -0.0459. The number of aliphatic hydroxyl groups is 1. The van der Waals surface area contributed by atoms with Gasteiger partial charge in [-0.05, 0) is 58.9 Å². The van der Waals surface area contributed by atoms with Gasteiger partial charge in [-0.25, -0.2) is 0 Å². The fraction of sp³-hybridized carbons (Fsp3) is 1.00. The average Bonchev–Trinajstić information content (AvgIpc) is 2.68. The lowest BCUT2D eigenvalue weighted by atomic mass is 9.77. The molecule has 1 saturated heterocycles. The molecule has 0 bridgehead atoms. The third-order valence-corrected chi connectivity index (χ3v) is 5.12. The summed E-state index contributed by atoms with van der Waals surface area (Å²) >= 11 is 0. The number of hydrogen-bond donors (Lipinski definition) is 2. The quantitative estimate of drug-likeness (QED) is 0.822. The molecule has 1 saturated carbocycles. The van der Waals surface area contributed by atoms with Crippen molar-refractivity contribution < 1.29 is 5.11 Å². The van der Waals surface area contributed by atoms with Crippen molar-refractivity contribution >= 4 is 0 Å². The van der Waals surface area contributed by atoms with E-state index in [1.54, 1.807) is 0 Å². The van der Waals surface area contributed by atoms with Crippen LogP contribution in [-0.4, -0.2) is 46.3 Å². The minimum absolute atomic E-state index is 0.0459. The third-order valence-electron chi connectivity index (χ3n) is 5.12. The summed E-state index contributed by atoms with van der Waals surface area (Å²) in [6, 6.07) is 1.09. The lowest BCUT2D eigenvalue weighted by Crippen LogP contribution is -2.59. The van der Waals surface area contributed by atoms with Gasteiger partial charge < -0.3 is 10.4 Å². The first kappa shape index (κ1) is 15.3. The molecule has 2 rings (SSSR count). The van der Waals surface area contributed by atoms with E-state index in [2.05, 4.69) is 37.9 Å². The zero-order valence-electron chi connectivity index (χ0n) is 13.2. The summed E-state index contributed by atoms with van der Waals surface area (Å²) in [5, 5.41) is 13.5. The van der Waals surface area contributed by atoms with Gasteiger partial charge in [-0.15, -0.1) is 0 Å². The maximum atomic E-state index is 9.90. The highest BCUT2D eigenvalue weighted by molar-refractivity contribution is 5.01. The van der Waals surface area contributed by atoms with Crippen LogP contribution >= 0.6 is 0 Å². The molecule has 1 heterocycles. The monoisotopic (exact) mass is 268 g/mol. The van der Waals surface area contributed by atoms with Crippen LogP contribution in [0.25, 0.3) is 0 Å². The van der Waals surface area contributed by atoms with Crippen LogP contribution < -0.4 is 5.32 Å². The van der Waals surface area contributed by atoms with Gasteiger partial charge in [0.25, 0.3) is 0 Å². The van der Waals surface area contributed by atoms with Gasteiger partial charge in [0, 0.05) is 23.2 Å². The SMILES string of the molecule is CC(C)NC1(CO)CCCC(N2CCCC2(C)C)C1. The number of rotatable bonds is 4. The van der Waals surface area contributed by atoms with E-state index in [1.165, 1.54) is 32.2 Å². The molecular formula is C16H32N2O. The summed E-state index contributed by atoms with van der Waals surface area (Å²) in [6.45, 7) is 10.6. The van der Waals surface area contributed by atoms with Crippen molar-refractivity contribution in [3.63, 3.8) is 0 Å². The van der Waals surface area contributed by atoms with E-state index < -0.39 is 0 Å². The highest BCUT2D eigenvalue weighted by atomic mass is 16.3. The second kappa shape index (κ2) is 5.71. The lowest BCUT2D eigenvalue weighted by molar-refractivity contribution is 0.0279. The van der Waals surface area contributed by atoms with Crippen molar-refractivity contribution in [1.82, 2.24) is 10.2 Å². The molecule has 0 spiro atoms. The number of nitrogens with zero attached hydrogens (tertiary/aromatic N) is 1. The molecule has 19 heavy (non-hydrogen) atoms. The number of aliphatic hydroxyl groups excluding tert-OH is 1. The molecular weight excluding hydrogens is 236 g/mol. The Morgan fingerprint density at radius 3 is 2.53 bits per heavy atom. The number of hydrogen-bond acceptors (Lipinski definition) is 3. The Kier molecular flexibility index (Phi) is 4.59. The molecule has 1 aliphatic heterocycles. The van der Waals surface area contributed by atoms with Gasteiger partial charge in [0.2, 0.25) is 0 Å². The summed E-state index contributed by atoms with van der Waals surface area (Å²) in [5.41, 5.74) is 0.302. The normalized spacial score (nSPS) is 36.0. The van der Waals surface area contributed by atoms with Gasteiger partial charge in [-0.1, -0.05) is 13.8 Å². The van der Waals surface area contributed by atoms with E-state index in [-0.39, 0.29) is 12.1 Å². The van der Waals surface area contributed by atoms with Crippen LogP contribution in [0.15, 0.2) is 0 Å². The molecule has 0 aromatic heterocycles. The Morgan fingerprint density at radius 1 is 1.26 bits per heavy atom. The van der Waals surface area contributed by atoms with E-state index in [4.69, 9.17) is 0 Å². The molecule has 2 N–H and O–H groups in total. The molecule has 1 aliphatic carbocycles. The molecule has 0 amide bonds. The fourth-order valence-corrected chi connectivity index (χ4v) is 4.34. The fourth-order valence-electron chi connectivity index (χ4n) is 4.34. The van der Waals surface area contributed by atoms with E-state index >= 15 is 0 Å². The lowest BCUT2D eigenvalue weighted by Gasteiger charge is -2.48. The van der Waals surface area contributed by atoms with E-state index in [0.29, 0.717) is 17.6 Å². The molecule has 3 heteroatoms. The Morgan fingerprint density at radius 2 is 2.00 bits per heavy atom. The highest BCUT2D eigenvalue weighted by Gasteiger charge is 2.43. The van der Waals surface area contributed by atoms with Crippen LogP contribution in [0, 0.1) is 0 Å². The summed E-state index contributed by atoms with van der Waals surface area (Å²) in [6.07, 6.45) is 7.39. The third kappa shape index (κ3) is 3.32. The summed E-state index contributed by atoms with van der Waals surface area (Å²) < 4.78 is 0. The molecule has 0 aromatic carbocycles. The van der Waals surface area contributed by atoms with Gasteiger partial charge >= 0.3 is 0 Å². The summed E-state index contributed by atoms with van der Waals surface area (Å²) in [4.78, 5) is 2.71.